The van der Waals surface area contributed by atoms with Crippen LogP contribution in [0.4, 0.5) is 5.69 Å². The minimum atomic E-state index is -3.58. The first-order valence-electron chi connectivity index (χ1n) is 7.19. The van der Waals surface area contributed by atoms with Crippen LogP contribution < -0.4 is 4.72 Å². The van der Waals surface area contributed by atoms with Crippen molar-refractivity contribution in [3.63, 3.8) is 0 Å². The van der Waals surface area contributed by atoms with E-state index >= 15 is 0 Å². The Morgan fingerprint density at radius 3 is 2.27 bits per heavy atom. The fourth-order valence-electron chi connectivity index (χ4n) is 2.42. The quantitative estimate of drug-likeness (QED) is 0.785. The minimum Gasteiger partial charge on any atom is -0.279 e. The summed E-state index contributed by atoms with van der Waals surface area (Å²) in [5.41, 5.74) is 1.71. The Morgan fingerprint density at radius 1 is 0.864 bits per heavy atom. The molecule has 3 rings (SSSR count). The Kier molecular flexibility index (Phi) is 3.86. The maximum Gasteiger partial charge on any atom is 0.261 e. The van der Waals surface area contributed by atoms with Gasteiger partial charge in [-0.25, -0.2) is 8.42 Å². The molecule has 0 aliphatic carbocycles. The van der Waals surface area contributed by atoms with E-state index in [1.807, 2.05) is 55.5 Å². The second-order valence-electron chi connectivity index (χ2n) is 5.13. The van der Waals surface area contributed by atoms with Crippen LogP contribution >= 0.6 is 0 Å². The van der Waals surface area contributed by atoms with Crippen LogP contribution in [0.1, 0.15) is 12.5 Å². The molecule has 3 aromatic carbocycles. The van der Waals surface area contributed by atoms with Crippen molar-refractivity contribution in [3.05, 3.63) is 72.3 Å². The number of rotatable bonds is 4. The highest BCUT2D eigenvalue weighted by Gasteiger charge is 2.15. The Balaban J connectivity index is 1.99. The molecule has 3 aromatic rings. The van der Waals surface area contributed by atoms with Gasteiger partial charge in [0.2, 0.25) is 0 Å². The van der Waals surface area contributed by atoms with Crippen molar-refractivity contribution in [1.82, 2.24) is 0 Å². The van der Waals surface area contributed by atoms with Gasteiger partial charge in [0.1, 0.15) is 0 Å². The van der Waals surface area contributed by atoms with Crippen molar-refractivity contribution in [2.45, 2.75) is 18.2 Å². The smallest absolute Gasteiger partial charge is 0.261 e. The van der Waals surface area contributed by atoms with E-state index in [4.69, 9.17) is 0 Å². The molecule has 0 saturated carbocycles. The van der Waals surface area contributed by atoms with Gasteiger partial charge >= 0.3 is 0 Å². The molecule has 1 N–H and O–H groups in total. The van der Waals surface area contributed by atoms with E-state index in [9.17, 15) is 8.42 Å². The maximum atomic E-state index is 12.5. The van der Waals surface area contributed by atoms with Crippen LogP contribution in [0.2, 0.25) is 0 Å². The first-order chi connectivity index (χ1) is 10.6. The number of sulfonamides is 1. The molecular weight excluding hydrogens is 294 g/mol. The molecule has 0 unspecified atom stereocenters. The van der Waals surface area contributed by atoms with Crippen molar-refractivity contribution in [3.8, 4) is 0 Å². The van der Waals surface area contributed by atoms with Crippen LogP contribution in [-0.4, -0.2) is 8.42 Å². The number of hydrogen-bond donors (Lipinski definition) is 1. The highest BCUT2D eigenvalue weighted by atomic mass is 32.2. The maximum absolute atomic E-state index is 12.5. The standard InChI is InChI=1S/C18H17NO2S/c1-2-14-10-12-16(13-11-14)22(20,21)19-18-9-5-7-15-6-3-4-8-17(15)18/h3-13,19H,2H2,1H3. The van der Waals surface area contributed by atoms with E-state index < -0.39 is 10.0 Å². The predicted molar refractivity (Wildman–Crippen MR) is 90.6 cm³/mol. The number of anilines is 1. The molecule has 0 saturated heterocycles. The molecule has 0 radical (unpaired) electrons. The lowest BCUT2D eigenvalue weighted by atomic mass is 10.1. The predicted octanol–water partition coefficient (Wildman–Crippen LogP) is 4.20. The largest absolute Gasteiger partial charge is 0.279 e. The van der Waals surface area contributed by atoms with Gasteiger partial charge in [0, 0.05) is 5.39 Å². The molecule has 0 aliphatic rings. The lowest BCUT2D eigenvalue weighted by molar-refractivity contribution is 0.601. The van der Waals surface area contributed by atoms with Crippen LogP contribution in [-0.2, 0) is 16.4 Å². The SMILES string of the molecule is CCc1ccc(S(=O)(=O)Nc2cccc3ccccc23)cc1. The summed E-state index contributed by atoms with van der Waals surface area (Å²) in [6.45, 7) is 2.04. The van der Waals surface area contributed by atoms with Gasteiger partial charge in [-0.2, -0.15) is 0 Å². The molecule has 4 heteroatoms. The summed E-state index contributed by atoms with van der Waals surface area (Å²) in [5.74, 6) is 0. The Morgan fingerprint density at radius 2 is 1.55 bits per heavy atom. The van der Waals surface area contributed by atoms with Gasteiger partial charge < -0.3 is 0 Å². The lowest BCUT2D eigenvalue weighted by Crippen LogP contribution is -2.13. The average molecular weight is 311 g/mol. The average Bonchev–Trinajstić information content (AvgIpc) is 2.55. The zero-order chi connectivity index (χ0) is 15.6. The molecule has 22 heavy (non-hydrogen) atoms. The van der Waals surface area contributed by atoms with Gasteiger partial charge in [0.15, 0.2) is 0 Å². The molecule has 0 fully saturated rings. The topological polar surface area (TPSA) is 46.2 Å². The van der Waals surface area contributed by atoms with E-state index in [0.717, 1.165) is 22.8 Å². The number of nitrogens with one attached hydrogen (secondary N) is 1. The van der Waals surface area contributed by atoms with E-state index in [2.05, 4.69) is 4.72 Å². The van der Waals surface area contributed by atoms with Crippen LogP contribution in [0.3, 0.4) is 0 Å². The Labute approximate surface area is 130 Å². The van der Waals surface area contributed by atoms with Gasteiger partial charge in [0.25, 0.3) is 10.0 Å². The van der Waals surface area contributed by atoms with Crippen LogP contribution in [0.25, 0.3) is 10.8 Å². The first kappa shape index (κ1) is 14.6. The second-order valence-corrected chi connectivity index (χ2v) is 6.81. The zero-order valence-electron chi connectivity index (χ0n) is 12.3. The molecule has 0 heterocycles. The van der Waals surface area contributed by atoms with Crippen molar-refractivity contribution in [1.29, 1.82) is 0 Å². The van der Waals surface area contributed by atoms with Gasteiger partial charge in [-0.15, -0.1) is 0 Å². The van der Waals surface area contributed by atoms with Gasteiger partial charge in [0.05, 0.1) is 10.6 Å². The monoisotopic (exact) mass is 311 g/mol. The second kappa shape index (κ2) is 5.81. The van der Waals surface area contributed by atoms with Gasteiger partial charge in [-0.1, -0.05) is 55.5 Å². The van der Waals surface area contributed by atoms with Gasteiger partial charge in [-0.05, 0) is 35.6 Å². The van der Waals surface area contributed by atoms with Crippen molar-refractivity contribution in [2.75, 3.05) is 4.72 Å². The Bertz CT molecular complexity index is 895. The number of aryl methyl sites for hydroxylation is 1. The summed E-state index contributed by atoms with van der Waals surface area (Å²) >= 11 is 0. The van der Waals surface area contributed by atoms with E-state index in [1.165, 1.54) is 0 Å². The lowest BCUT2D eigenvalue weighted by Gasteiger charge is -2.11. The van der Waals surface area contributed by atoms with Crippen molar-refractivity contribution < 1.29 is 8.42 Å². The normalized spacial score (nSPS) is 11.5. The summed E-state index contributed by atoms with van der Waals surface area (Å²) in [6.07, 6.45) is 0.886. The summed E-state index contributed by atoms with van der Waals surface area (Å²) < 4.78 is 27.8. The molecule has 0 bridgehead atoms. The number of fused-ring (bicyclic) bond motifs is 1. The molecule has 3 nitrogen and oxygen atoms in total. The fraction of sp³-hybridized carbons (Fsp3) is 0.111. The Hall–Kier alpha value is -2.33. The third-order valence-electron chi connectivity index (χ3n) is 3.68. The third-order valence-corrected chi connectivity index (χ3v) is 5.06. The highest BCUT2D eigenvalue weighted by molar-refractivity contribution is 7.92. The van der Waals surface area contributed by atoms with E-state index in [1.54, 1.807) is 18.2 Å². The summed E-state index contributed by atoms with van der Waals surface area (Å²) in [5, 5.41) is 1.89. The molecule has 0 aliphatic heterocycles. The highest BCUT2D eigenvalue weighted by Crippen LogP contribution is 2.25. The first-order valence-corrected chi connectivity index (χ1v) is 8.68. The molecule has 0 atom stereocenters. The third kappa shape index (κ3) is 2.83. The molecule has 0 aromatic heterocycles. The number of benzene rings is 3. The molecule has 0 amide bonds. The van der Waals surface area contributed by atoms with E-state index in [-0.39, 0.29) is 4.90 Å². The minimum absolute atomic E-state index is 0.276. The van der Waals surface area contributed by atoms with Crippen LogP contribution in [0.5, 0.6) is 0 Å². The fourth-order valence-corrected chi connectivity index (χ4v) is 3.50. The summed E-state index contributed by atoms with van der Waals surface area (Å²) in [7, 11) is -3.58. The van der Waals surface area contributed by atoms with Crippen molar-refractivity contribution >= 4 is 26.5 Å². The molecule has 0 spiro atoms. The van der Waals surface area contributed by atoms with Gasteiger partial charge in [-0.3, -0.25) is 4.72 Å². The molecule has 112 valence electrons. The molecular formula is C18H17NO2S. The van der Waals surface area contributed by atoms with E-state index in [0.29, 0.717) is 5.69 Å². The van der Waals surface area contributed by atoms with Crippen LogP contribution in [0, 0.1) is 0 Å². The van der Waals surface area contributed by atoms with Crippen molar-refractivity contribution in [2.24, 2.45) is 0 Å². The summed E-state index contributed by atoms with van der Waals surface area (Å²) in [6, 6.07) is 20.3. The summed E-state index contributed by atoms with van der Waals surface area (Å²) in [4.78, 5) is 0.276. The number of hydrogen-bond acceptors (Lipinski definition) is 2. The van der Waals surface area contributed by atoms with Crippen LogP contribution in [0.15, 0.2) is 71.6 Å². The zero-order valence-corrected chi connectivity index (χ0v) is 13.1.